The first-order valence-corrected chi connectivity index (χ1v) is 19.3. The number of carbonyl (C=O) groups is 7. The lowest BCUT2D eigenvalue weighted by atomic mass is 10.0. The van der Waals surface area contributed by atoms with Crippen molar-refractivity contribution in [3.8, 4) is 0 Å². The Morgan fingerprint density at radius 2 is 0.726 bits per heavy atom. The van der Waals surface area contributed by atoms with Crippen molar-refractivity contribution in [2.45, 2.75) is 233 Å². The maximum Gasteiger partial charge on any atom is 0.326 e. The average molecular weight is 922 g/mol. The fraction of sp³-hybridized carbons (Fsp3) is 0.854. The highest BCUT2D eigenvalue weighted by Gasteiger charge is 2.19. The zero-order chi connectivity index (χ0) is 78.5. The van der Waals surface area contributed by atoms with Gasteiger partial charge in [0.25, 0.3) is 0 Å². The lowest BCUT2D eigenvalue weighted by Gasteiger charge is -2.14. The zero-order valence-electron chi connectivity index (χ0n) is 72.2. The standard InChI is InChI=1S/C8H15NO3.5C8H17NO/c1-5(2)4-7(8(11)12)9-6(3)10;5*1-6(2)5-7(3)9-8(4)10/h5,7H,4H2,1-3H3,(H,9,10)(H,11,12);5*6-7H,5H2,1-4H3,(H,9,10)/t6*7-/m100000/s1/i1D3,7D;1D3,5D2,6D,7D;2*1D3,5D2,7D;2*5D2,7D/hD3/t5?,7-;3*6?,7-;2m. The lowest BCUT2D eigenvalue weighted by Crippen LogP contribution is -2.40. The van der Waals surface area contributed by atoms with Gasteiger partial charge >= 0.3 is 5.97 Å². The molecule has 0 bridgehead atoms. The van der Waals surface area contributed by atoms with E-state index in [1.54, 1.807) is 27.7 Å². The summed E-state index contributed by atoms with van der Waals surface area (Å²) in [5, 5.41) is 15.7. The predicted molar refractivity (Wildman–Crippen MR) is 258 cm³/mol. The van der Waals surface area contributed by atoms with Crippen molar-refractivity contribution in [1.29, 1.82) is 0 Å². The van der Waals surface area contributed by atoms with Crippen molar-refractivity contribution < 1.29 is 82.7 Å². The number of aliphatic carboxylic acids is 1. The molecule has 0 saturated carbocycles. The first kappa shape index (κ1) is 26.9. The predicted octanol–water partition coefficient (Wildman–Crippen LogP) is 8.41. The maximum absolute atomic E-state index is 11.1. The van der Waals surface area contributed by atoms with Crippen molar-refractivity contribution in [3.05, 3.63) is 0 Å². The van der Waals surface area contributed by atoms with E-state index in [-0.39, 0.29) is 22.4 Å². The van der Waals surface area contributed by atoms with Gasteiger partial charge in [0, 0.05) is 103 Å². The van der Waals surface area contributed by atoms with Crippen LogP contribution in [-0.2, 0) is 33.6 Å². The van der Waals surface area contributed by atoms with Crippen molar-refractivity contribution in [2.24, 2.45) is 35.5 Å². The molecule has 0 aliphatic rings. The molecule has 0 fully saturated rings. The second kappa shape index (κ2) is 42.6. The molecule has 0 aliphatic carbocycles. The number of rotatable bonds is 19. The first-order chi connectivity index (χ1) is 40.3. The van der Waals surface area contributed by atoms with Crippen LogP contribution >= 0.6 is 0 Å². The molecule has 0 spiro atoms. The monoisotopic (exact) mass is 921 g/mol. The van der Waals surface area contributed by atoms with Crippen LogP contribution in [0.4, 0.5) is 0 Å². The van der Waals surface area contributed by atoms with Gasteiger partial charge in [0.2, 0.25) is 35.4 Å². The summed E-state index contributed by atoms with van der Waals surface area (Å²) in [6, 6.07) is -12.5. The van der Waals surface area contributed by atoms with Gasteiger partial charge in [0.05, 0.1) is 8.22 Å². The van der Waals surface area contributed by atoms with E-state index in [1.807, 2.05) is 5.32 Å². The molecule has 7 N–H and O–H groups in total. The van der Waals surface area contributed by atoms with Crippen LogP contribution in [0.2, 0.25) is 4.24 Å². The molecule has 6 amide bonds. The molecule has 0 heterocycles. The SMILES string of the molecule is [2H]C([2H])(C(C)C)[C@]([2H])(C)NC(C)=O.[2H]C([2H])([2H])C(C)C([2H])([2H])[C@]([2H])(C)NC(C)=O.[2H]C([2H])([2H])C(C)C[C@@]([2H])(NC(C)=O)C(=O)O.[2H]N(C(C)=O)[C@@]([2H])(C)C([2H])([2H])C(C)C.[2H]N(C(C)=O)[C@@]([2H])(C)C([2H])([2H])C(C)C([2H])([2H])[2H].[2H]N(C(C)=O)[C@@]([2H])(C)C([2H])([2H])C([2H])(C)C([2H])([2H])[2H]. The molecule has 14 nitrogen and oxygen atoms in total. The lowest BCUT2D eigenvalue weighted by molar-refractivity contribution is -0.142. The molecule has 14 heteroatoms. The number of hydrogen-bond acceptors (Lipinski definition) is 7. The summed E-state index contributed by atoms with van der Waals surface area (Å²) < 4.78 is 239. The fourth-order valence-corrected chi connectivity index (χ4v) is 3.87. The van der Waals surface area contributed by atoms with Crippen LogP contribution in [0.3, 0.4) is 0 Å². The van der Waals surface area contributed by atoms with Gasteiger partial charge in [-0.25, -0.2) is 4.79 Å². The minimum absolute atomic E-state index is 0.0472. The van der Waals surface area contributed by atoms with Gasteiger partial charge in [-0.15, -0.1) is 0 Å². The molecule has 62 heavy (non-hydrogen) atoms. The molecular formula is C48H100N6O8. The number of carboxylic acids is 1. The highest BCUT2D eigenvalue weighted by molar-refractivity contribution is 5.82. The van der Waals surface area contributed by atoms with Crippen LogP contribution in [0.5, 0.6) is 0 Å². The van der Waals surface area contributed by atoms with E-state index in [2.05, 4.69) is 10.6 Å². The summed E-state index contributed by atoms with van der Waals surface area (Å²) in [7, 11) is 0. The van der Waals surface area contributed by atoms with Crippen LogP contribution in [0.15, 0.2) is 0 Å². The molecule has 0 aromatic rings. The average Bonchev–Trinajstić information content (AvgIpc) is 0.745. The summed E-state index contributed by atoms with van der Waals surface area (Å²) in [4.78, 5) is 76.2. The quantitative estimate of drug-likeness (QED) is 0.0667. The molecule has 370 valence electrons. The van der Waals surface area contributed by atoms with Crippen LogP contribution in [0, 0.1) is 35.5 Å². The summed E-state index contributed by atoms with van der Waals surface area (Å²) >= 11 is 0. The molecule has 0 aromatic heterocycles. The van der Waals surface area contributed by atoms with E-state index in [0.29, 0.717) is 5.31 Å². The minimum atomic E-state index is -2.99. The first-order valence-electron chi connectivity index (χ1n) is 35.2. The third-order valence-corrected chi connectivity index (χ3v) is 5.03. The third-order valence-electron chi connectivity index (χ3n) is 5.03. The number of nitrogens with one attached hydrogen (secondary N) is 6. The normalized spacial score (nSPS) is 28.0. The topological polar surface area (TPSA) is 212 Å². The molecule has 0 saturated heterocycles. The number of amides is 6. The molecular weight excluding hydrogens is 789 g/mol. The van der Waals surface area contributed by atoms with E-state index in [1.165, 1.54) is 34.6 Å². The number of hydrogen-bond donors (Lipinski definition) is 7. The molecule has 0 radical (unpaired) electrons. The smallest absolute Gasteiger partial charge is 0.326 e. The number of carbonyl (C=O) groups excluding carboxylic acids is 6. The molecule has 0 aliphatic heterocycles. The molecule has 10 atom stereocenters. The Morgan fingerprint density at radius 1 is 0.435 bits per heavy atom. The van der Waals surface area contributed by atoms with Crippen LogP contribution < -0.4 is 31.9 Å². The Kier molecular flexibility index (Phi) is 18.5. The third kappa shape index (κ3) is 73.8. The molecule has 0 aromatic carbocycles. The van der Waals surface area contributed by atoms with E-state index in [9.17, 15) is 33.6 Å². The Balaban J connectivity index is -0.000000248. The molecule has 0 rings (SSSR count). The summed E-state index contributed by atoms with van der Waals surface area (Å²) in [5.74, 6) is -12.8. The van der Waals surface area contributed by atoms with Crippen LogP contribution in [0.1, 0.15) is 237 Å². The Labute approximate surface area is 425 Å². The van der Waals surface area contributed by atoms with Gasteiger partial charge in [0.1, 0.15) is 6.02 Å². The van der Waals surface area contributed by atoms with Crippen molar-refractivity contribution in [1.82, 2.24) is 31.9 Å². The van der Waals surface area contributed by atoms with Gasteiger partial charge in [-0.05, 0) is 108 Å². The Hall–Kier alpha value is -3.71. The maximum atomic E-state index is 11.1. The summed E-state index contributed by atoms with van der Waals surface area (Å²) in [6.07, 6.45) is -12.0. The van der Waals surface area contributed by atoms with Gasteiger partial charge in [0.15, 0.2) is 4.24 Å². The van der Waals surface area contributed by atoms with E-state index in [4.69, 9.17) is 49.1 Å². The molecule has 4 unspecified atom stereocenters. The summed E-state index contributed by atoms with van der Waals surface area (Å²) in [5.41, 5.74) is 0. The fourth-order valence-electron chi connectivity index (χ4n) is 3.87. The van der Waals surface area contributed by atoms with Gasteiger partial charge in [-0.3, -0.25) is 28.8 Å². The second-order valence-corrected chi connectivity index (χ2v) is 13.9. The summed E-state index contributed by atoms with van der Waals surface area (Å²) in [6.45, 7) is 13.0. The minimum Gasteiger partial charge on any atom is -0.480 e. The van der Waals surface area contributed by atoms with Gasteiger partial charge in [-0.2, -0.15) is 0 Å². The highest BCUT2D eigenvalue weighted by Crippen LogP contribution is 2.07. The second-order valence-electron chi connectivity index (χ2n) is 13.9. The van der Waals surface area contributed by atoms with Gasteiger partial charge in [-0.1, -0.05) is 82.8 Å². The van der Waals surface area contributed by atoms with Crippen molar-refractivity contribution in [2.75, 3.05) is 0 Å². The van der Waals surface area contributed by atoms with Crippen LogP contribution in [0.25, 0.3) is 0 Å². The van der Waals surface area contributed by atoms with Gasteiger partial charge < -0.3 is 37.0 Å². The van der Waals surface area contributed by atoms with Crippen molar-refractivity contribution >= 4 is 41.4 Å². The zero-order valence-corrected chi connectivity index (χ0v) is 40.2. The largest absolute Gasteiger partial charge is 0.480 e. The van der Waals surface area contributed by atoms with Crippen molar-refractivity contribution in [3.63, 3.8) is 0 Å². The van der Waals surface area contributed by atoms with E-state index < -0.39 is 167 Å². The Morgan fingerprint density at radius 3 is 0.984 bits per heavy atom. The van der Waals surface area contributed by atoms with Crippen LogP contribution in [-0.4, -0.2) is 82.6 Å². The number of carboxylic acid groups (broad SMARTS) is 1. The highest BCUT2D eigenvalue weighted by atomic mass is 16.4. The van der Waals surface area contributed by atoms with E-state index >= 15 is 0 Å². The Bertz CT molecular complexity index is 2480. The van der Waals surface area contributed by atoms with E-state index in [0.717, 1.165) is 69.2 Å².